The van der Waals surface area contributed by atoms with Crippen LogP contribution in [0.3, 0.4) is 0 Å². The Kier molecular flexibility index (Phi) is 2.85. The van der Waals surface area contributed by atoms with Gasteiger partial charge < -0.3 is 10.6 Å². The predicted molar refractivity (Wildman–Crippen MR) is 77.8 cm³/mol. The molecule has 1 aromatic carbocycles. The molecular weight excluding hydrogens is 290 g/mol. The van der Waals surface area contributed by atoms with Gasteiger partial charge in [0.05, 0.1) is 12.1 Å². The van der Waals surface area contributed by atoms with Crippen molar-refractivity contribution < 1.29 is 0 Å². The zero-order valence-electron chi connectivity index (χ0n) is 10.6. The Balaban J connectivity index is 1.93. The predicted octanol–water partition coefficient (Wildman–Crippen LogP) is 2.33. The van der Waals surface area contributed by atoms with Gasteiger partial charge in [-0.25, -0.2) is 0 Å². The molecule has 3 rings (SSSR count). The summed E-state index contributed by atoms with van der Waals surface area (Å²) >= 11 is 3.55. The third-order valence-electron chi connectivity index (χ3n) is 4.25. The first kappa shape index (κ1) is 12.0. The van der Waals surface area contributed by atoms with Crippen LogP contribution in [0.25, 0.3) is 0 Å². The number of guanidine groups is 1. The first-order valence-electron chi connectivity index (χ1n) is 6.49. The van der Waals surface area contributed by atoms with E-state index in [2.05, 4.69) is 50.9 Å². The monoisotopic (exact) mass is 307 g/mol. The van der Waals surface area contributed by atoms with E-state index in [1.807, 2.05) is 0 Å². The molecule has 0 saturated heterocycles. The van der Waals surface area contributed by atoms with E-state index < -0.39 is 0 Å². The molecule has 0 fully saturated rings. The number of likely N-dealkylation sites (N-methyl/N-ethyl adjacent to an activating group) is 1. The number of halogens is 1. The van der Waals surface area contributed by atoms with Crippen molar-refractivity contribution in [3.63, 3.8) is 0 Å². The second-order valence-corrected chi connectivity index (χ2v) is 6.15. The molecule has 18 heavy (non-hydrogen) atoms. The van der Waals surface area contributed by atoms with Crippen molar-refractivity contribution >= 4 is 21.9 Å². The van der Waals surface area contributed by atoms with Crippen LogP contribution in [0.1, 0.15) is 24.5 Å². The standard InChI is InChI=1S/C14H18BrN3/c1-2-18-13(16)17-9-14(18)6-5-10-7-12(15)4-3-11(10)8-14/h3-4,7H,2,5-6,8-9H2,1H3,(H2,16,17). The van der Waals surface area contributed by atoms with Crippen molar-refractivity contribution in [2.24, 2.45) is 10.7 Å². The van der Waals surface area contributed by atoms with Gasteiger partial charge in [0.1, 0.15) is 0 Å². The van der Waals surface area contributed by atoms with Crippen LogP contribution in [0.4, 0.5) is 0 Å². The molecule has 0 aromatic heterocycles. The largest absolute Gasteiger partial charge is 0.370 e. The highest BCUT2D eigenvalue weighted by Crippen LogP contribution is 2.37. The number of hydrogen-bond donors (Lipinski definition) is 1. The number of nitrogens with zero attached hydrogens (tertiary/aromatic N) is 2. The summed E-state index contributed by atoms with van der Waals surface area (Å²) in [5.41, 5.74) is 9.07. The maximum atomic E-state index is 6.01. The molecule has 96 valence electrons. The third-order valence-corrected chi connectivity index (χ3v) is 4.74. The molecule has 3 nitrogen and oxygen atoms in total. The highest BCUT2D eigenvalue weighted by molar-refractivity contribution is 9.10. The van der Waals surface area contributed by atoms with Crippen molar-refractivity contribution in [1.29, 1.82) is 0 Å². The van der Waals surface area contributed by atoms with E-state index in [0.29, 0.717) is 0 Å². The third kappa shape index (κ3) is 1.74. The fraction of sp³-hybridized carbons (Fsp3) is 0.500. The summed E-state index contributed by atoms with van der Waals surface area (Å²) in [6.07, 6.45) is 3.33. The van der Waals surface area contributed by atoms with Gasteiger partial charge in [-0.3, -0.25) is 4.99 Å². The molecule has 1 spiro atoms. The summed E-state index contributed by atoms with van der Waals surface area (Å²) < 4.78 is 1.17. The molecule has 2 aliphatic rings. The number of rotatable bonds is 1. The van der Waals surface area contributed by atoms with Gasteiger partial charge in [0.15, 0.2) is 5.96 Å². The average Bonchev–Trinajstić information content (AvgIpc) is 2.66. The Bertz CT molecular complexity index is 512. The molecule has 1 atom stereocenters. The lowest BCUT2D eigenvalue weighted by atomic mass is 9.77. The number of aryl methyl sites for hydroxylation is 1. The maximum Gasteiger partial charge on any atom is 0.191 e. The van der Waals surface area contributed by atoms with Gasteiger partial charge in [0.2, 0.25) is 0 Å². The van der Waals surface area contributed by atoms with Crippen LogP contribution < -0.4 is 5.73 Å². The molecule has 1 heterocycles. The lowest BCUT2D eigenvalue weighted by Crippen LogP contribution is -2.54. The van der Waals surface area contributed by atoms with Gasteiger partial charge >= 0.3 is 0 Å². The molecule has 2 N–H and O–H groups in total. The number of fused-ring (bicyclic) bond motifs is 1. The van der Waals surface area contributed by atoms with Crippen LogP contribution in [-0.2, 0) is 12.8 Å². The SMILES string of the molecule is CCN1C(N)=NCC12CCc1cc(Br)ccc1C2. The molecular formula is C14H18BrN3. The van der Waals surface area contributed by atoms with Gasteiger partial charge in [-0.05, 0) is 49.4 Å². The van der Waals surface area contributed by atoms with Gasteiger partial charge in [0.25, 0.3) is 0 Å². The van der Waals surface area contributed by atoms with E-state index >= 15 is 0 Å². The highest BCUT2D eigenvalue weighted by Gasteiger charge is 2.43. The normalized spacial score (nSPS) is 26.3. The highest BCUT2D eigenvalue weighted by atomic mass is 79.9. The summed E-state index contributed by atoms with van der Waals surface area (Å²) in [5.74, 6) is 0.720. The van der Waals surface area contributed by atoms with Crippen molar-refractivity contribution in [2.45, 2.75) is 31.7 Å². The number of nitrogens with two attached hydrogens (primary N) is 1. The Morgan fingerprint density at radius 3 is 3.06 bits per heavy atom. The van der Waals surface area contributed by atoms with Crippen LogP contribution in [0.15, 0.2) is 27.7 Å². The van der Waals surface area contributed by atoms with E-state index in [9.17, 15) is 0 Å². The van der Waals surface area contributed by atoms with E-state index in [4.69, 9.17) is 5.73 Å². The van der Waals surface area contributed by atoms with Crippen molar-refractivity contribution in [3.05, 3.63) is 33.8 Å². The number of benzene rings is 1. The zero-order valence-corrected chi connectivity index (χ0v) is 12.2. The van der Waals surface area contributed by atoms with Gasteiger partial charge in [-0.2, -0.15) is 0 Å². The van der Waals surface area contributed by atoms with Gasteiger partial charge in [-0.15, -0.1) is 0 Å². The minimum atomic E-state index is 0.139. The molecule has 0 saturated carbocycles. The molecule has 1 aliphatic heterocycles. The molecule has 1 unspecified atom stereocenters. The van der Waals surface area contributed by atoms with Crippen LogP contribution in [0.2, 0.25) is 0 Å². The van der Waals surface area contributed by atoms with Gasteiger partial charge in [-0.1, -0.05) is 22.0 Å². The summed E-state index contributed by atoms with van der Waals surface area (Å²) in [5, 5.41) is 0. The molecule has 0 amide bonds. The second kappa shape index (κ2) is 4.26. The molecule has 1 aromatic rings. The van der Waals surface area contributed by atoms with Crippen molar-refractivity contribution in [3.8, 4) is 0 Å². The Hall–Kier alpha value is -1.03. The summed E-state index contributed by atoms with van der Waals surface area (Å²) in [7, 11) is 0. The summed E-state index contributed by atoms with van der Waals surface area (Å²) in [6, 6.07) is 6.62. The van der Waals surface area contributed by atoms with Crippen molar-refractivity contribution in [2.75, 3.05) is 13.1 Å². The fourth-order valence-electron chi connectivity index (χ4n) is 3.31. The minimum absolute atomic E-state index is 0.139. The Morgan fingerprint density at radius 1 is 1.44 bits per heavy atom. The lowest BCUT2D eigenvalue weighted by Gasteiger charge is -2.42. The summed E-state index contributed by atoms with van der Waals surface area (Å²) in [6.45, 7) is 3.95. The molecule has 4 heteroatoms. The van der Waals surface area contributed by atoms with Crippen molar-refractivity contribution in [1.82, 2.24) is 4.90 Å². The van der Waals surface area contributed by atoms with Crippen LogP contribution in [-0.4, -0.2) is 29.5 Å². The average molecular weight is 308 g/mol. The Labute approximate surface area is 116 Å². The van der Waals surface area contributed by atoms with E-state index in [1.54, 1.807) is 0 Å². The van der Waals surface area contributed by atoms with Crippen LogP contribution in [0, 0.1) is 0 Å². The number of aliphatic imine (C=N–C) groups is 1. The minimum Gasteiger partial charge on any atom is -0.370 e. The van der Waals surface area contributed by atoms with E-state index in [0.717, 1.165) is 38.3 Å². The smallest absolute Gasteiger partial charge is 0.191 e. The fourth-order valence-corrected chi connectivity index (χ4v) is 3.72. The van der Waals surface area contributed by atoms with E-state index in [-0.39, 0.29) is 5.54 Å². The molecule has 0 radical (unpaired) electrons. The second-order valence-electron chi connectivity index (χ2n) is 5.23. The quantitative estimate of drug-likeness (QED) is 0.865. The van der Waals surface area contributed by atoms with Crippen LogP contribution >= 0.6 is 15.9 Å². The van der Waals surface area contributed by atoms with Crippen LogP contribution in [0.5, 0.6) is 0 Å². The van der Waals surface area contributed by atoms with Gasteiger partial charge in [0, 0.05) is 11.0 Å². The molecule has 0 bridgehead atoms. The topological polar surface area (TPSA) is 41.6 Å². The first-order chi connectivity index (χ1) is 8.64. The zero-order chi connectivity index (χ0) is 12.8. The first-order valence-corrected chi connectivity index (χ1v) is 7.29. The number of hydrogen-bond acceptors (Lipinski definition) is 3. The lowest BCUT2D eigenvalue weighted by molar-refractivity contribution is 0.183. The van der Waals surface area contributed by atoms with E-state index in [1.165, 1.54) is 15.6 Å². The maximum absolute atomic E-state index is 6.01. The Morgan fingerprint density at radius 2 is 2.28 bits per heavy atom. The summed E-state index contributed by atoms with van der Waals surface area (Å²) in [4.78, 5) is 6.76. The molecule has 1 aliphatic carbocycles.